The van der Waals surface area contributed by atoms with Crippen LogP contribution in [0.4, 0.5) is 13.2 Å². The molecule has 2 amide bonds. The van der Waals surface area contributed by atoms with Crippen molar-refractivity contribution in [2.75, 3.05) is 7.11 Å². The zero-order chi connectivity index (χ0) is 32.6. The molecule has 3 rings (SSSR count). The molecular formula is C32H33ClF3N3O5. The van der Waals surface area contributed by atoms with Gasteiger partial charge < -0.3 is 15.4 Å². The molecule has 0 saturated carbocycles. The van der Waals surface area contributed by atoms with Gasteiger partial charge in [0.05, 0.1) is 7.11 Å². The molecule has 3 atom stereocenters. The van der Waals surface area contributed by atoms with Crippen molar-refractivity contribution in [1.82, 2.24) is 15.6 Å². The number of aromatic nitrogens is 1. The first kappa shape index (κ1) is 34.2. The Labute approximate surface area is 258 Å². The van der Waals surface area contributed by atoms with Gasteiger partial charge in [0.1, 0.15) is 23.5 Å². The Balaban J connectivity index is 1.99. The summed E-state index contributed by atoms with van der Waals surface area (Å²) >= 11 is 6.13. The number of ketones is 2. The minimum atomic E-state index is -5.14. The number of carbonyl (C=O) groups is 4. The van der Waals surface area contributed by atoms with Gasteiger partial charge in [-0.3, -0.25) is 24.2 Å². The fourth-order valence-electron chi connectivity index (χ4n) is 4.65. The van der Waals surface area contributed by atoms with E-state index in [2.05, 4.69) is 15.6 Å². The minimum absolute atomic E-state index is 0.0375. The maximum absolute atomic E-state index is 13.8. The fraction of sp³-hybridized carbons (Fsp3) is 0.344. The van der Waals surface area contributed by atoms with E-state index in [0.717, 1.165) is 0 Å². The van der Waals surface area contributed by atoms with Crippen molar-refractivity contribution in [3.63, 3.8) is 0 Å². The third-order valence-electron chi connectivity index (χ3n) is 7.05. The summed E-state index contributed by atoms with van der Waals surface area (Å²) in [4.78, 5) is 57.0. The fourth-order valence-corrected chi connectivity index (χ4v) is 4.86. The van der Waals surface area contributed by atoms with Crippen molar-refractivity contribution in [2.24, 2.45) is 11.8 Å². The number of methoxy groups -OCH3 is 1. The highest BCUT2D eigenvalue weighted by atomic mass is 35.5. The molecule has 0 aliphatic carbocycles. The minimum Gasteiger partial charge on any atom is -0.497 e. The first-order chi connectivity index (χ1) is 20.7. The van der Waals surface area contributed by atoms with Crippen molar-refractivity contribution in [2.45, 2.75) is 51.9 Å². The average Bonchev–Trinajstić information content (AvgIpc) is 2.97. The molecule has 44 heavy (non-hydrogen) atoms. The summed E-state index contributed by atoms with van der Waals surface area (Å²) in [5.74, 6) is -6.44. The molecule has 0 fully saturated rings. The number of carbonyl (C=O) groups excluding carboxylic acids is 4. The van der Waals surface area contributed by atoms with E-state index in [1.807, 2.05) is 0 Å². The number of hydrogen-bond acceptors (Lipinski definition) is 6. The zero-order valence-corrected chi connectivity index (χ0v) is 25.3. The predicted molar refractivity (Wildman–Crippen MR) is 158 cm³/mol. The number of nitrogens with zero attached hydrogens (tertiary/aromatic N) is 1. The number of hydrogen-bond donors (Lipinski definition) is 2. The second-order valence-electron chi connectivity index (χ2n) is 10.6. The number of ether oxygens (including phenoxy) is 1. The van der Waals surface area contributed by atoms with Gasteiger partial charge in [-0.2, -0.15) is 13.2 Å². The molecule has 234 valence electrons. The number of aryl methyl sites for hydroxylation is 1. The summed E-state index contributed by atoms with van der Waals surface area (Å²) in [6, 6.07) is 13.3. The Morgan fingerprint density at radius 3 is 2.30 bits per heavy atom. The first-order valence-electron chi connectivity index (χ1n) is 13.8. The number of halogens is 4. The van der Waals surface area contributed by atoms with E-state index >= 15 is 0 Å². The zero-order valence-electron chi connectivity index (χ0n) is 24.6. The van der Waals surface area contributed by atoms with Gasteiger partial charge in [0.15, 0.2) is 5.78 Å². The molecule has 0 spiro atoms. The number of amides is 2. The Morgan fingerprint density at radius 2 is 1.68 bits per heavy atom. The van der Waals surface area contributed by atoms with Crippen LogP contribution in [0.1, 0.15) is 53.5 Å². The molecule has 0 aliphatic rings. The molecule has 0 saturated heterocycles. The number of Topliss-reactive ketones (excluding diaryl/α,β-unsaturated/α-hetero) is 2. The summed E-state index contributed by atoms with van der Waals surface area (Å²) in [6.07, 6.45) is -4.53. The van der Waals surface area contributed by atoms with Crippen molar-refractivity contribution in [3.8, 4) is 5.75 Å². The van der Waals surface area contributed by atoms with E-state index in [9.17, 15) is 32.3 Å². The van der Waals surface area contributed by atoms with Crippen molar-refractivity contribution < 1.29 is 37.1 Å². The predicted octanol–water partition coefficient (Wildman–Crippen LogP) is 5.61. The SMILES string of the molecule is COc1cccc([C@H](NC(=O)[C@H](Cc2cccc(Cl)c2)NC(=O)c2ncccc2C)C(=O)C[C@H](C(=O)C(F)(F)F)C(C)C)c1. The number of nitrogens with one attached hydrogen (secondary N) is 2. The summed E-state index contributed by atoms with van der Waals surface area (Å²) in [7, 11) is 1.39. The van der Waals surface area contributed by atoms with Gasteiger partial charge >= 0.3 is 6.18 Å². The molecule has 0 bridgehead atoms. The van der Waals surface area contributed by atoms with E-state index in [1.54, 1.807) is 55.5 Å². The number of alkyl halides is 3. The molecular weight excluding hydrogens is 599 g/mol. The van der Waals surface area contributed by atoms with Gasteiger partial charge in [-0.05, 0) is 59.9 Å². The van der Waals surface area contributed by atoms with Crippen molar-refractivity contribution in [1.29, 1.82) is 0 Å². The van der Waals surface area contributed by atoms with Crippen molar-refractivity contribution >= 4 is 35.0 Å². The van der Waals surface area contributed by atoms with Crippen LogP contribution in [0.2, 0.25) is 5.02 Å². The molecule has 3 aromatic rings. The third-order valence-corrected chi connectivity index (χ3v) is 7.29. The number of pyridine rings is 1. The normalized spacial score (nSPS) is 13.5. The monoisotopic (exact) mass is 631 g/mol. The van der Waals surface area contributed by atoms with E-state index in [0.29, 0.717) is 21.9 Å². The van der Waals surface area contributed by atoms with E-state index in [4.69, 9.17) is 16.3 Å². The Morgan fingerprint density at radius 1 is 0.977 bits per heavy atom. The molecule has 0 radical (unpaired) electrons. The molecule has 2 N–H and O–H groups in total. The first-order valence-corrected chi connectivity index (χ1v) is 14.1. The smallest absolute Gasteiger partial charge is 0.450 e. The van der Waals surface area contributed by atoms with Gasteiger partial charge in [-0.15, -0.1) is 0 Å². The quantitative estimate of drug-likeness (QED) is 0.253. The number of rotatable bonds is 13. The lowest BCUT2D eigenvalue weighted by molar-refractivity contribution is -0.177. The maximum atomic E-state index is 13.8. The van der Waals surface area contributed by atoms with Crippen LogP contribution in [0.25, 0.3) is 0 Å². The summed E-state index contributed by atoms with van der Waals surface area (Å²) in [5.41, 5.74) is 1.46. The highest BCUT2D eigenvalue weighted by Crippen LogP contribution is 2.30. The Hall–Kier alpha value is -4.25. The molecule has 12 heteroatoms. The topological polar surface area (TPSA) is 114 Å². The van der Waals surface area contributed by atoms with Crippen LogP contribution in [0.5, 0.6) is 5.75 Å². The third kappa shape index (κ3) is 9.12. The van der Waals surface area contributed by atoms with Crippen LogP contribution in [-0.4, -0.2) is 47.7 Å². The van der Waals surface area contributed by atoms with Crippen molar-refractivity contribution in [3.05, 3.63) is 94.3 Å². The molecule has 1 heterocycles. The molecule has 0 aliphatic heterocycles. The summed E-state index contributed by atoms with van der Waals surface area (Å²) in [5, 5.41) is 5.67. The van der Waals surface area contributed by atoms with Crippen LogP contribution < -0.4 is 15.4 Å². The van der Waals surface area contributed by atoms with Crippen LogP contribution in [0.15, 0.2) is 66.9 Å². The summed E-state index contributed by atoms with van der Waals surface area (Å²) in [6.45, 7) is 4.51. The second kappa shape index (κ2) is 15.0. The maximum Gasteiger partial charge on any atom is 0.450 e. The number of benzene rings is 2. The lowest BCUT2D eigenvalue weighted by Crippen LogP contribution is -2.50. The van der Waals surface area contributed by atoms with Crippen LogP contribution in [-0.2, 0) is 20.8 Å². The van der Waals surface area contributed by atoms with Gasteiger partial charge in [0, 0.05) is 30.0 Å². The van der Waals surface area contributed by atoms with Crippen LogP contribution in [0.3, 0.4) is 0 Å². The second-order valence-corrected chi connectivity index (χ2v) is 11.1. The van der Waals surface area contributed by atoms with Gasteiger partial charge in [-0.1, -0.05) is 55.8 Å². The largest absolute Gasteiger partial charge is 0.497 e. The van der Waals surface area contributed by atoms with Gasteiger partial charge in [-0.25, -0.2) is 0 Å². The van der Waals surface area contributed by atoms with E-state index < -0.39 is 59.9 Å². The molecule has 1 aromatic heterocycles. The highest BCUT2D eigenvalue weighted by molar-refractivity contribution is 6.30. The Bertz CT molecular complexity index is 1510. The summed E-state index contributed by atoms with van der Waals surface area (Å²) < 4.78 is 45.4. The molecule has 8 nitrogen and oxygen atoms in total. The standard InChI is InChI=1S/C32H33ClF3N3O5/c1-18(2)24(29(41)32(34,35)36)17-26(40)28(21-10-6-12-23(16-21)44-4)39-30(42)25(15-20-9-5-11-22(33)14-20)38-31(43)27-19(3)8-7-13-37-27/h5-14,16,18,24-25,28H,15,17H2,1-4H3,(H,38,43)(H,39,42)/t24-,25-,28-/m0/s1. The lowest BCUT2D eigenvalue weighted by atomic mass is 9.84. The highest BCUT2D eigenvalue weighted by Gasteiger charge is 2.45. The van der Waals surface area contributed by atoms with Crippen LogP contribution >= 0.6 is 11.6 Å². The van der Waals surface area contributed by atoms with Crippen LogP contribution in [0, 0.1) is 18.8 Å². The van der Waals surface area contributed by atoms with E-state index in [-0.39, 0.29) is 17.7 Å². The molecule has 2 aromatic carbocycles. The lowest BCUT2D eigenvalue weighted by Gasteiger charge is -2.26. The van der Waals surface area contributed by atoms with E-state index in [1.165, 1.54) is 39.3 Å². The Kier molecular flexibility index (Phi) is 11.6. The molecule has 0 unspecified atom stereocenters. The van der Waals surface area contributed by atoms with Gasteiger partial charge in [0.2, 0.25) is 11.7 Å². The van der Waals surface area contributed by atoms with Gasteiger partial charge in [0.25, 0.3) is 5.91 Å². The average molecular weight is 632 g/mol.